The second kappa shape index (κ2) is 13.9. The maximum atomic E-state index is 11.9. The maximum absolute atomic E-state index is 11.9. The molecule has 198 valence electrons. The molecule has 0 spiro atoms. The maximum Gasteiger partial charge on any atom is 1.00 e. The number of fused-ring (bicyclic) bond motifs is 8. The van der Waals surface area contributed by atoms with Crippen molar-refractivity contribution in [2.75, 3.05) is 0 Å². The molecule has 0 saturated carbocycles. The van der Waals surface area contributed by atoms with Gasteiger partial charge in [-0.3, -0.25) is 0 Å². The monoisotopic (exact) mass is 623 g/mol. The summed E-state index contributed by atoms with van der Waals surface area (Å²) < 4.78 is 71.4. The molecule has 15 heteroatoms. The second-order valence-corrected chi connectivity index (χ2v) is 11.9. The molecule has 1 aromatic heterocycles. The summed E-state index contributed by atoms with van der Waals surface area (Å²) >= 11 is 0. The van der Waals surface area contributed by atoms with Gasteiger partial charge in [-0.2, -0.15) is 18.2 Å². The minimum absolute atomic E-state index is 0. The SMILES string of the molecule is O=S(=O)([O-])c1cc2c(O)c(c1)Cc1cc(S(=O)(=O)[O-])cc(c1O)Cc1c[c-]cc(c1O)Cc1ccc([nH]1)C2.[Na+].[Na+].[Na+]. The zero-order chi connectivity index (χ0) is 27.4. The number of aromatic hydroxyl groups is 3. The first-order chi connectivity index (χ1) is 17.8. The first kappa shape index (κ1) is 36.4. The predicted octanol–water partition coefficient (Wildman–Crippen LogP) is -6.57. The fraction of sp³-hybridized carbons (Fsp3) is 0.154. The van der Waals surface area contributed by atoms with Crippen LogP contribution in [0.15, 0.2) is 58.3 Å². The summed E-state index contributed by atoms with van der Waals surface area (Å²) in [7, 11) is -9.94. The molecule has 1 aliphatic rings. The van der Waals surface area contributed by atoms with E-state index in [0.717, 1.165) is 24.3 Å². The third-order valence-electron chi connectivity index (χ3n) is 6.51. The Balaban J connectivity index is 0.00000196. The van der Waals surface area contributed by atoms with Crippen molar-refractivity contribution in [1.82, 2.24) is 4.98 Å². The van der Waals surface area contributed by atoms with E-state index in [9.17, 15) is 41.3 Å². The Hall–Kier alpha value is -0.840. The van der Waals surface area contributed by atoms with E-state index in [0.29, 0.717) is 22.5 Å². The topological polar surface area (TPSA) is 191 Å². The van der Waals surface area contributed by atoms with E-state index in [1.54, 1.807) is 18.2 Å². The Labute approximate surface area is 303 Å². The summed E-state index contributed by atoms with van der Waals surface area (Å²) in [6, 6.07) is 13.4. The van der Waals surface area contributed by atoms with Crippen molar-refractivity contribution in [1.29, 1.82) is 0 Å². The van der Waals surface area contributed by atoms with Crippen LogP contribution in [-0.2, 0) is 45.9 Å². The number of hydrogen-bond acceptors (Lipinski definition) is 9. The zero-order valence-corrected chi connectivity index (χ0v) is 30.2. The molecule has 41 heavy (non-hydrogen) atoms. The average molecular weight is 624 g/mol. The number of nitrogens with one attached hydrogen (secondary N) is 1. The molecule has 0 amide bonds. The van der Waals surface area contributed by atoms with Gasteiger partial charge in [0.25, 0.3) is 0 Å². The van der Waals surface area contributed by atoms with Crippen LogP contribution >= 0.6 is 0 Å². The second-order valence-electron chi connectivity index (χ2n) is 9.16. The van der Waals surface area contributed by atoms with Crippen LogP contribution in [-0.4, -0.2) is 46.2 Å². The molecule has 5 rings (SSSR count). The van der Waals surface area contributed by atoms with Crippen molar-refractivity contribution < 1.29 is 130 Å². The number of H-pyrrole nitrogens is 1. The van der Waals surface area contributed by atoms with Crippen LogP contribution in [0.1, 0.15) is 44.8 Å². The summed E-state index contributed by atoms with van der Waals surface area (Å²) in [4.78, 5) is 1.88. The van der Waals surface area contributed by atoms with Crippen LogP contribution in [0.25, 0.3) is 0 Å². The van der Waals surface area contributed by atoms with Gasteiger partial charge in [-0.25, -0.2) is 16.8 Å². The van der Waals surface area contributed by atoms with Crippen molar-refractivity contribution >= 4 is 20.2 Å². The number of benzene rings is 3. The molecular formula is C26H20NNa3O9S2. The molecule has 0 radical (unpaired) electrons. The molecule has 0 saturated heterocycles. The van der Waals surface area contributed by atoms with Gasteiger partial charge < -0.3 is 29.4 Å². The standard InChI is InChI=1S/C26H22NO9S2.3Na/c28-24-14-2-1-3-15(24)8-20-4-5-21(27-20)9-19-13-23(38(34,35)36)12-18(26(19)30)7-17-11-22(37(31,32)33)10-16(6-14)25(17)29;;;/h2-5,10-13,27-30H,6-9H2,(H,31,32,33)(H,34,35,36);;;/q-1;3*+1/p-2. The molecule has 0 aliphatic carbocycles. The number of phenolic OH excluding ortho intramolecular Hbond substituents is 3. The van der Waals surface area contributed by atoms with E-state index in [2.05, 4.69) is 11.1 Å². The van der Waals surface area contributed by atoms with Gasteiger partial charge in [0, 0.05) is 35.5 Å². The van der Waals surface area contributed by atoms with Crippen molar-refractivity contribution in [2.45, 2.75) is 35.5 Å². The van der Waals surface area contributed by atoms with Crippen LogP contribution < -0.4 is 88.7 Å². The number of rotatable bonds is 2. The van der Waals surface area contributed by atoms with E-state index in [1.165, 1.54) is 6.07 Å². The first-order valence-corrected chi connectivity index (χ1v) is 14.1. The minimum Gasteiger partial charge on any atom is -0.744 e. The normalized spacial score (nSPS) is 12.8. The smallest absolute Gasteiger partial charge is 0.744 e. The summed E-state index contributed by atoms with van der Waals surface area (Å²) in [5.41, 5.74) is 1.99. The first-order valence-electron chi connectivity index (χ1n) is 11.3. The fourth-order valence-corrected chi connectivity index (χ4v) is 5.80. The van der Waals surface area contributed by atoms with Crippen LogP contribution in [0.5, 0.6) is 17.2 Å². The quantitative estimate of drug-likeness (QED) is 0.0842. The zero-order valence-electron chi connectivity index (χ0n) is 22.6. The molecule has 1 aliphatic heterocycles. The molecule has 4 N–H and O–H groups in total. The van der Waals surface area contributed by atoms with Crippen molar-refractivity contribution in [2.24, 2.45) is 0 Å². The molecule has 0 atom stereocenters. The van der Waals surface area contributed by atoms with Crippen molar-refractivity contribution in [3.05, 3.63) is 99.4 Å². The van der Waals surface area contributed by atoms with Crippen LogP contribution in [0.3, 0.4) is 0 Å². The van der Waals surface area contributed by atoms with Gasteiger partial charge >= 0.3 is 88.7 Å². The molecule has 0 unspecified atom stereocenters. The van der Waals surface area contributed by atoms with E-state index >= 15 is 0 Å². The molecular weight excluding hydrogens is 603 g/mol. The molecule has 0 fully saturated rings. The minimum atomic E-state index is -4.99. The molecule has 3 aromatic carbocycles. The molecule has 10 nitrogen and oxygen atoms in total. The predicted molar refractivity (Wildman–Crippen MR) is 131 cm³/mol. The number of phenols is 3. The van der Waals surface area contributed by atoms with E-state index in [1.807, 2.05) is 0 Å². The number of aromatic nitrogens is 1. The van der Waals surface area contributed by atoms with E-state index in [4.69, 9.17) is 0 Å². The van der Waals surface area contributed by atoms with Crippen molar-refractivity contribution in [3.8, 4) is 17.2 Å². The Kier molecular flexibility index (Phi) is 12.3. The molecule has 4 aromatic rings. The van der Waals surface area contributed by atoms with Gasteiger partial charge in [0.05, 0.1) is 9.79 Å². The third kappa shape index (κ3) is 8.01. The Morgan fingerprint density at radius 3 is 1.32 bits per heavy atom. The van der Waals surface area contributed by atoms with Gasteiger partial charge in [0.1, 0.15) is 31.7 Å². The van der Waals surface area contributed by atoms with Crippen LogP contribution in [0.2, 0.25) is 0 Å². The Morgan fingerprint density at radius 2 is 0.902 bits per heavy atom. The number of aromatic amines is 1. The molecule has 8 bridgehead atoms. The summed E-state index contributed by atoms with van der Waals surface area (Å²) in [6.45, 7) is 0. The molecule has 2 heterocycles. The average Bonchev–Trinajstić information content (AvgIpc) is 3.26. The van der Waals surface area contributed by atoms with Gasteiger partial charge in [0.2, 0.25) is 0 Å². The van der Waals surface area contributed by atoms with Gasteiger partial charge in [0.15, 0.2) is 0 Å². The van der Waals surface area contributed by atoms with Crippen molar-refractivity contribution in [3.63, 3.8) is 0 Å². The van der Waals surface area contributed by atoms with Gasteiger partial charge in [-0.1, -0.05) is 0 Å². The summed E-state index contributed by atoms with van der Waals surface area (Å²) in [5.74, 6) is -0.858. The van der Waals surface area contributed by atoms with E-state index < -0.39 is 42.2 Å². The Morgan fingerprint density at radius 1 is 0.585 bits per heavy atom. The third-order valence-corrected chi connectivity index (χ3v) is 8.14. The van der Waals surface area contributed by atoms with Crippen LogP contribution in [0, 0.1) is 6.07 Å². The van der Waals surface area contributed by atoms with E-state index in [-0.39, 0.29) is 142 Å². The van der Waals surface area contributed by atoms with Crippen LogP contribution in [0.4, 0.5) is 0 Å². The number of hydrogen-bond donors (Lipinski definition) is 4. The summed E-state index contributed by atoms with van der Waals surface area (Å²) in [5, 5.41) is 33.0. The van der Waals surface area contributed by atoms with Gasteiger partial charge in [-0.15, -0.1) is 11.1 Å². The summed E-state index contributed by atoms with van der Waals surface area (Å²) in [6.07, 6.45) is -0.319. The van der Waals surface area contributed by atoms with Gasteiger partial charge in [-0.05, 0) is 65.9 Å². The Bertz CT molecular complexity index is 1820. The largest absolute Gasteiger partial charge is 1.00 e. The fourth-order valence-electron chi connectivity index (χ4n) is 4.66.